The summed E-state index contributed by atoms with van der Waals surface area (Å²) in [6, 6.07) is 28.8. The molecule has 0 aliphatic carbocycles. The molecule has 17 heteroatoms. The lowest BCUT2D eigenvalue weighted by molar-refractivity contribution is -0.118. The summed E-state index contributed by atoms with van der Waals surface area (Å²) in [5.74, 6) is 2.38. The van der Waals surface area contributed by atoms with E-state index in [-0.39, 0.29) is 35.8 Å². The van der Waals surface area contributed by atoms with E-state index < -0.39 is 12.3 Å². The zero-order valence-corrected chi connectivity index (χ0v) is 47.6. The molecule has 3 atom stereocenters. The van der Waals surface area contributed by atoms with Crippen molar-refractivity contribution < 1.29 is 43.2 Å². The third-order valence-corrected chi connectivity index (χ3v) is 17.9. The Bertz CT molecular complexity index is 2840. The molecule has 8 rings (SSSR count). The van der Waals surface area contributed by atoms with E-state index in [1.54, 1.807) is 48.2 Å². The van der Waals surface area contributed by atoms with Gasteiger partial charge in [-0.25, -0.2) is 0 Å². The van der Waals surface area contributed by atoms with Crippen LogP contribution in [-0.4, -0.2) is 99.3 Å². The first-order valence-corrected chi connectivity index (χ1v) is 28.9. The Balaban J connectivity index is 0.000000996. The number of fused-ring (bicyclic) bond motifs is 5. The molecule has 5 aromatic carbocycles. The van der Waals surface area contributed by atoms with Crippen molar-refractivity contribution in [1.82, 2.24) is 5.32 Å². The van der Waals surface area contributed by atoms with Crippen molar-refractivity contribution in [3.05, 3.63) is 124 Å². The molecule has 0 spiro atoms. The molecule has 0 radical (unpaired) electrons. The van der Waals surface area contributed by atoms with Crippen LogP contribution in [0.15, 0.2) is 91.0 Å². The van der Waals surface area contributed by atoms with Crippen LogP contribution in [-0.2, 0) is 35.6 Å². The van der Waals surface area contributed by atoms with E-state index in [1.165, 1.54) is 18.4 Å². The number of nitrogens with zero attached hydrogens (tertiary/aromatic N) is 3. The van der Waals surface area contributed by atoms with E-state index in [9.17, 15) is 24.3 Å². The lowest BCUT2D eigenvalue weighted by Gasteiger charge is -2.26. The summed E-state index contributed by atoms with van der Waals surface area (Å²) >= 11 is 0. The third-order valence-electron chi connectivity index (χ3n) is 14.5. The molecule has 412 valence electrons. The largest absolute Gasteiger partial charge is 0.493 e. The summed E-state index contributed by atoms with van der Waals surface area (Å²) in [6.07, 6.45) is 7.38. The number of hydrogen-bond donors (Lipinski definition) is 4. The predicted octanol–water partition coefficient (Wildman–Crippen LogP) is 11.1. The molecule has 5 aromatic rings. The fraction of sp³-hybridized carbons (Fsp3) is 0.433. The topological polar surface area (TPSA) is 171 Å². The number of methoxy groups -OCH3 is 2. The number of ether oxygens (including phenoxy) is 4. The molecule has 0 aromatic heterocycles. The van der Waals surface area contributed by atoms with Crippen LogP contribution in [0.25, 0.3) is 0 Å². The smallest absolute Gasteiger partial charge is 0.260 e. The number of likely N-dealkylation sites (N-methyl/N-ethyl adjacent to an activating group) is 1. The highest BCUT2D eigenvalue weighted by Crippen LogP contribution is 2.43. The number of para-hydroxylation sites is 2. The molecule has 2 unspecified atom stereocenters. The maximum absolute atomic E-state index is 14.1. The summed E-state index contributed by atoms with van der Waals surface area (Å²) in [7, 11) is 10.6. The Morgan fingerprint density at radius 2 is 1.51 bits per heavy atom. The number of nitrogens with one attached hydrogen (secondary N) is 3. The molecule has 3 aliphatic heterocycles. The maximum atomic E-state index is 14.1. The number of amides is 3. The van der Waals surface area contributed by atoms with Gasteiger partial charge in [-0.3, -0.25) is 19.2 Å². The number of aldehydes is 1. The van der Waals surface area contributed by atoms with Crippen molar-refractivity contribution in [3.8, 4) is 23.0 Å². The van der Waals surface area contributed by atoms with E-state index in [0.717, 1.165) is 72.9 Å². The Hall–Kier alpha value is -6.56. The molecule has 0 bridgehead atoms. The van der Waals surface area contributed by atoms with Gasteiger partial charge in [0.1, 0.15) is 19.4 Å². The van der Waals surface area contributed by atoms with Gasteiger partial charge in [0.15, 0.2) is 29.3 Å². The van der Waals surface area contributed by atoms with Gasteiger partial charge >= 0.3 is 0 Å². The second-order valence-corrected chi connectivity index (χ2v) is 23.4. The molecular weight excluding hydrogens is 1010 g/mol. The van der Waals surface area contributed by atoms with Crippen molar-refractivity contribution >= 4 is 74.5 Å². The quantitative estimate of drug-likeness (QED) is 0.0247. The molecule has 3 aliphatic rings. The van der Waals surface area contributed by atoms with Gasteiger partial charge < -0.3 is 54.7 Å². The van der Waals surface area contributed by atoms with Gasteiger partial charge in [0, 0.05) is 84.0 Å². The number of benzene rings is 5. The zero-order chi connectivity index (χ0) is 55.2. The molecular formula is C60H76N6O9S2. The molecule has 77 heavy (non-hydrogen) atoms. The fourth-order valence-electron chi connectivity index (χ4n) is 9.80. The minimum atomic E-state index is -1.04. The van der Waals surface area contributed by atoms with Crippen LogP contribution in [0.2, 0.25) is 0 Å². The van der Waals surface area contributed by atoms with Crippen molar-refractivity contribution in [2.75, 3.05) is 65.9 Å². The van der Waals surface area contributed by atoms with E-state index in [0.29, 0.717) is 83.0 Å². The molecule has 0 saturated carbocycles. The average molecular weight is 1090 g/mol. The van der Waals surface area contributed by atoms with Crippen LogP contribution >= 0.6 is 21.6 Å². The maximum Gasteiger partial charge on any atom is 0.260 e. The molecule has 3 heterocycles. The van der Waals surface area contributed by atoms with Gasteiger partial charge in [0.2, 0.25) is 12.3 Å². The van der Waals surface area contributed by atoms with E-state index in [1.807, 2.05) is 70.1 Å². The zero-order valence-electron chi connectivity index (χ0n) is 46.0. The van der Waals surface area contributed by atoms with Crippen LogP contribution in [0.4, 0.5) is 28.4 Å². The lowest BCUT2D eigenvalue weighted by Crippen LogP contribution is -2.45. The first-order chi connectivity index (χ1) is 37.1. The molecule has 3 amide bonds. The number of aliphatic hydroxyl groups is 1. The summed E-state index contributed by atoms with van der Waals surface area (Å²) in [6.45, 7) is 11.5. The number of unbranched alkanes of at least 4 members (excludes halogenated alkanes) is 1. The minimum absolute atomic E-state index is 0.0186. The Kier molecular flexibility index (Phi) is 20.5. The van der Waals surface area contributed by atoms with Crippen molar-refractivity contribution in [2.45, 2.75) is 128 Å². The number of carbonyl (C=O) groups is 4. The van der Waals surface area contributed by atoms with Crippen molar-refractivity contribution in [1.29, 1.82) is 0 Å². The first-order valence-electron chi connectivity index (χ1n) is 26.6. The summed E-state index contributed by atoms with van der Waals surface area (Å²) < 4.78 is 24.5. The SMILES string of the molecule is CCC(CC)NC=O.CCCCSSC(C)(C)CCC(=O)N(C)c1cc(COc2cc(NCC3Cc4ccccc4N3C)c(C=O)cc2OC)cc(COc2cc3c(cc2OC)C(=O)N2c4ccccc4CC2[C@@H](O)N3)c1. The Morgan fingerprint density at radius 1 is 0.870 bits per heavy atom. The number of hydrogen-bond acceptors (Lipinski definition) is 14. The molecule has 0 saturated heterocycles. The van der Waals surface area contributed by atoms with Gasteiger partial charge in [-0.15, -0.1) is 0 Å². The Morgan fingerprint density at radius 3 is 2.12 bits per heavy atom. The van der Waals surface area contributed by atoms with Crippen LogP contribution in [0.5, 0.6) is 23.0 Å². The molecule has 15 nitrogen and oxygen atoms in total. The number of carbonyl (C=O) groups excluding carboxylic acids is 4. The summed E-state index contributed by atoms with van der Waals surface area (Å²) in [4.78, 5) is 55.9. The first kappa shape index (κ1) is 58.1. The lowest BCUT2D eigenvalue weighted by atomic mass is 10.1. The normalized spacial score (nSPS) is 16.1. The second kappa shape index (κ2) is 27.2. The van der Waals surface area contributed by atoms with E-state index >= 15 is 0 Å². The van der Waals surface area contributed by atoms with Crippen LogP contribution < -0.4 is 49.6 Å². The fourth-order valence-corrected chi connectivity index (χ4v) is 12.6. The van der Waals surface area contributed by atoms with Gasteiger partial charge in [0.05, 0.1) is 37.6 Å². The minimum Gasteiger partial charge on any atom is -0.493 e. The van der Waals surface area contributed by atoms with Crippen LogP contribution in [0.1, 0.15) is 116 Å². The monoisotopic (exact) mass is 1090 g/mol. The summed E-state index contributed by atoms with van der Waals surface area (Å²) in [5.41, 5.74) is 8.31. The Labute approximate surface area is 462 Å². The van der Waals surface area contributed by atoms with Crippen molar-refractivity contribution in [2.24, 2.45) is 0 Å². The number of rotatable bonds is 25. The molecule has 0 fully saturated rings. The van der Waals surface area contributed by atoms with Gasteiger partial charge in [-0.05, 0) is 117 Å². The van der Waals surface area contributed by atoms with Gasteiger partial charge in [-0.2, -0.15) is 0 Å². The average Bonchev–Trinajstić information content (AvgIpc) is 3.99. The van der Waals surface area contributed by atoms with Crippen LogP contribution in [0, 0.1) is 0 Å². The van der Waals surface area contributed by atoms with Gasteiger partial charge in [0.25, 0.3) is 5.91 Å². The molecule has 4 N–H and O–H groups in total. The standard InChI is InChI=1S/C54H63N5O8S2.C6H13NO/c1-8-9-20-68-69-54(2,3)19-18-51(61)58(5)39-22-34(32-66-49-28-42(38(31-60)26-47(49)64-6)55-30-40-24-36-14-10-12-16-44(36)57(40)4)21-35(23-39)33-67-50-29-43-41(27-48(50)65-7)53(63)59-45-17-13-11-15-37(45)25-46(59)52(62)56-43;1-3-6(4-2)7-5-8/h10-17,21-23,26-29,31,40,46,52,55-56,62H,8-9,18-20,24-25,30,32-33H2,1-7H3;5-6H,3-4H2,1-2H3,(H,7,8)/t40?,46?,52-;/m1./s1. The van der Waals surface area contributed by atoms with E-state index in [4.69, 9.17) is 18.9 Å². The highest BCUT2D eigenvalue weighted by molar-refractivity contribution is 8.77. The number of aliphatic hydroxyl groups excluding tert-OH is 1. The summed E-state index contributed by atoms with van der Waals surface area (Å²) in [5, 5.41) is 20.8. The van der Waals surface area contributed by atoms with E-state index in [2.05, 4.69) is 80.7 Å². The highest BCUT2D eigenvalue weighted by atomic mass is 33.1. The third kappa shape index (κ3) is 14.3. The van der Waals surface area contributed by atoms with Gasteiger partial charge in [-0.1, -0.05) is 85.2 Å². The second-order valence-electron chi connectivity index (χ2n) is 20.3. The number of anilines is 5. The predicted molar refractivity (Wildman–Crippen MR) is 313 cm³/mol. The van der Waals surface area contributed by atoms with Crippen molar-refractivity contribution in [3.63, 3.8) is 0 Å². The highest BCUT2D eigenvalue weighted by Gasteiger charge is 2.42. The van der Waals surface area contributed by atoms with Crippen LogP contribution in [0.3, 0.4) is 0 Å².